The van der Waals surface area contributed by atoms with Crippen molar-refractivity contribution < 1.29 is 4.74 Å². The second-order valence-electron chi connectivity index (χ2n) is 5.01. The molecule has 0 amide bonds. The molecule has 2 rings (SSSR count). The van der Waals surface area contributed by atoms with Gasteiger partial charge in [0.1, 0.15) is 11.5 Å². The molecule has 0 aliphatic rings. The van der Waals surface area contributed by atoms with Crippen LogP contribution in [0.2, 0.25) is 0 Å². The number of hydrogen-bond donors (Lipinski definition) is 1. The molecule has 0 radical (unpaired) electrons. The molecule has 0 spiro atoms. The maximum atomic E-state index is 6.07. The van der Waals surface area contributed by atoms with Crippen LogP contribution < -0.4 is 10.1 Å². The number of rotatable bonds is 7. The summed E-state index contributed by atoms with van der Waals surface area (Å²) in [4.78, 5) is 0. The highest BCUT2D eigenvalue weighted by atomic mass is 79.9. The van der Waals surface area contributed by atoms with Crippen LogP contribution in [-0.4, -0.2) is 6.54 Å². The lowest BCUT2D eigenvalue weighted by atomic mass is 10.0. The van der Waals surface area contributed by atoms with E-state index in [0.717, 1.165) is 35.4 Å². The van der Waals surface area contributed by atoms with Gasteiger partial charge in [0, 0.05) is 16.1 Å². The molecule has 112 valence electrons. The minimum Gasteiger partial charge on any atom is -0.457 e. The Bertz CT molecular complexity index is 553. The van der Waals surface area contributed by atoms with E-state index in [1.807, 2.05) is 36.4 Å². The normalized spacial score (nSPS) is 12.1. The van der Waals surface area contributed by atoms with Crippen molar-refractivity contribution in [3.8, 4) is 11.5 Å². The zero-order chi connectivity index (χ0) is 15.1. The molecular weight excluding hydrogens is 326 g/mol. The predicted molar refractivity (Wildman–Crippen MR) is 92.0 cm³/mol. The number of para-hydroxylation sites is 1. The van der Waals surface area contributed by atoms with Gasteiger partial charge in [-0.05, 0) is 49.7 Å². The Hall–Kier alpha value is -1.32. The van der Waals surface area contributed by atoms with Crippen LogP contribution in [-0.2, 0) is 0 Å². The molecule has 0 aliphatic heterocycles. The molecule has 2 aromatic rings. The molecule has 1 N–H and O–H groups in total. The molecular formula is C18H22BrNO. The van der Waals surface area contributed by atoms with Crippen LogP contribution in [0, 0.1) is 0 Å². The molecule has 0 aromatic heterocycles. The largest absolute Gasteiger partial charge is 0.457 e. The van der Waals surface area contributed by atoms with Gasteiger partial charge in [0.25, 0.3) is 0 Å². The molecule has 0 saturated heterocycles. The van der Waals surface area contributed by atoms with Crippen molar-refractivity contribution in [2.45, 2.75) is 32.7 Å². The van der Waals surface area contributed by atoms with Gasteiger partial charge < -0.3 is 10.1 Å². The van der Waals surface area contributed by atoms with Crippen molar-refractivity contribution >= 4 is 15.9 Å². The third-order valence-corrected chi connectivity index (χ3v) is 3.91. The maximum Gasteiger partial charge on any atom is 0.132 e. The van der Waals surface area contributed by atoms with E-state index in [2.05, 4.69) is 47.2 Å². The SMILES string of the molecule is CCCNC(CC)c1ccccc1Oc1ccc(Br)cc1. The van der Waals surface area contributed by atoms with E-state index in [4.69, 9.17) is 4.74 Å². The second-order valence-corrected chi connectivity index (χ2v) is 5.92. The third kappa shape index (κ3) is 4.58. The average molecular weight is 348 g/mol. The lowest BCUT2D eigenvalue weighted by Gasteiger charge is -2.20. The Balaban J connectivity index is 2.21. The quantitative estimate of drug-likeness (QED) is 0.694. The standard InChI is InChI=1S/C18H22BrNO/c1-3-13-20-17(4-2)16-7-5-6-8-18(16)21-15-11-9-14(19)10-12-15/h5-12,17,20H,3-4,13H2,1-2H3. The Morgan fingerprint density at radius 3 is 2.43 bits per heavy atom. The summed E-state index contributed by atoms with van der Waals surface area (Å²) in [5.74, 6) is 1.78. The first-order chi connectivity index (χ1) is 10.2. The molecule has 3 heteroatoms. The van der Waals surface area contributed by atoms with Gasteiger partial charge in [-0.25, -0.2) is 0 Å². The van der Waals surface area contributed by atoms with E-state index in [9.17, 15) is 0 Å². The fourth-order valence-electron chi connectivity index (χ4n) is 2.28. The van der Waals surface area contributed by atoms with Gasteiger partial charge in [0.15, 0.2) is 0 Å². The fraction of sp³-hybridized carbons (Fsp3) is 0.333. The molecule has 2 nitrogen and oxygen atoms in total. The number of ether oxygens (including phenoxy) is 1. The molecule has 1 unspecified atom stereocenters. The van der Waals surface area contributed by atoms with E-state index in [1.165, 1.54) is 5.56 Å². The van der Waals surface area contributed by atoms with Gasteiger partial charge >= 0.3 is 0 Å². The summed E-state index contributed by atoms with van der Waals surface area (Å²) in [6.07, 6.45) is 2.17. The van der Waals surface area contributed by atoms with Gasteiger partial charge in [-0.3, -0.25) is 0 Å². The van der Waals surface area contributed by atoms with Crippen molar-refractivity contribution in [1.82, 2.24) is 5.32 Å². The zero-order valence-corrected chi connectivity index (χ0v) is 14.2. The smallest absolute Gasteiger partial charge is 0.132 e. The van der Waals surface area contributed by atoms with Crippen molar-refractivity contribution in [2.75, 3.05) is 6.54 Å². The Morgan fingerprint density at radius 1 is 1.05 bits per heavy atom. The summed E-state index contributed by atoms with van der Waals surface area (Å²) in [6, 6.07) is 16.5. The van der Waals surface area contributed by atoms with Crippen LogP contribution in [0.5, 0.6) is 11.5 Å². The van der Waals surface area contributed by atoms with Crippen molar-refractivity contribution in [3.63, 3.8) is 0 Å². The average Bonchev–Trinajstić information content (AvgIpc) is 2.52. The fourth-order valence-corrected chi connectivity index (χ4v) is 2.55. The lowest BCUT2D eigenvalue weighted by molar-refractivity contribution is 0.449. The summed E-state index contributed by atoms with van der Waals surface area (Å²) >= 11 is 3.44. The van der Waals surface area contributed by atoms with Crippen molar-refractivity contribution in [1.29, 1.82) is 0 Å². The third-order valence-electron chi connectivity index (χ3n) is 3.38. The molecule has 0 fully saturated rings. The van der Waals surface area contributed by atoms with E-state index < -0.39 is 0 Å². The molecule has 0 aliphatic carbocycles. The number of benzene rings is 2. The van der Waals surface area contributed by atoms with Crippen molar-refractivity contribution in [2.24, 2.45) is 0 Å². The number of halogens is 1. The lowest BCUT2D eigenvalue weighted by Crippen LogP contribution is -2.21. The first-order valence-electron chi connectivity index (χ1n) is 7.50. The van der Waals surface area contributed by atoms with Crippen LogP contribution in [0.15, 0.2) is 53.0 Å². The predicted octanol–water partition coefficient (Wildman–Crippen LogP) is 5.69. The first-order valence-corrected chi connectivity index (χ1v) is 8.29. The minimum atomic E-state index is 0.330. The zero-order valence-electron chi connectivity index (χ0n) is 12.6. The van der Waals surface area contributed by atoms with E-state index in [0.29, 0.717) is 6.04 Å². The topological polar surface area (TPSA) is 21.3 Å². The van der Waals surface area contributed by atoms with Gasteiger partial charge in [-0.2, -0.15) is 0 Å². The first kappa shape index (κ1) is 16.1. The van der Waals surface area contributed by atoms with Crippen LogP contribution in [0.3, 0.4) is 0 Å². The molecule has 21 heavy (non-hydrogen) atoms. The van der Waals surface area contributed by atoms with E-state index in [-0.39, 0.29) is 0 Å². The van der Waals surface area contributed by atoms with Gasteiger partial charge in [0.05, 0.1) is 0 Å². The van der Waals surface area contributed by atoms with Gasteiger partial charge in [-0.15, -0.1) is 0 Å². The summed E-state index contributed by atoms with van der Waals surface area (Å²) in [7, 11) is 0. The summed E-state index contributed by atoms with van der Waals surface area (Å²) in [5.41, 5.74) is 1.22. The molecule has 0 heterocycles. The summed E-state index contributed by atoms with van der Waals surface area (Å²) < 4.78 is 7.12. The summed E-state index contributed by atoms with van der Waals surface area (Å²) in [6.45, 7) is 5.40. The molecule has 0 saturated carbocycles. The molecule has 2 aromatic carbocycles. The van der Waals surface area contributed by atoms with Crippen LogP contribution in [0.25, 0.3) is 0 Å². The Morgan fingerprint density at radius 2 is 1.76 bits per heavy atom. The highest BCUT2D eigenvalue weighted by molar-refractivity contribution is 9.10. The monoisotopic (exact) mass is 347 g/mol. The Labute approximate surface area is 135 Å². The van der Waals surface area contributed by atoms with Crippen LogP contribution in [0.1, 0.15) is 38.3 Å². The maximum absolute atomic E-state index is 6.07. The van der Waals surface area contributed by atoms with Crippen molar-refractivity contribution in [3.05, 3.63) is 58.6 Å². The second kappa shape index (κ2) is 8.20. The number of nitrogens with one attached hydrogen (secondary N) is 1. The van der Waals surface area contributed by atoms with Crippen LogP contribution in [0.4, 0.5) is 0 Å². The minimum absolute atomic E-state index is 0.330. The number of hydrogen-bond acceptors (Lipinski definition) is 2. The van der Waals surface area contributed by atoms with Crippen LogP contribution >= 0.6 is 15.9 Å². The molecule has 1 atom stereocenters. The summed E-state index contributed by atoms with van der Waals surface area (Å²) in [5, 5.41) is 3.58. The Kier molecular flexibility index (Phi) is 6.27. The van der Waals surface area contributed by atoms with E-state index in [1.54, 1.807) is 0 Å². The highest BCUT2D eigenvalue weighted by Gasteiger charge is 2.13. The highest BCUT2D eigenvalue weighted by Crippen LogP contribution is 2.31. The van der Waals surface area contributed by atoms with Gasteiger partial charge in [-0.1, -0.05) is 48.0 Å². The van der Waals surface area contributed by atoms with E-state index >= 15 is 0 Å². The van der Waals surface area contributed by atoms with Gasteiger partial charge in [0.2, 0.25) is 0 Å². The molecule has 0 bridgehead atoms.